The van der Waals surface area contributed by atoms with Gasteiger partial charge in [-0.05, 0) is 31.0 Å². The first-order chi connectivity index (χ1) is 9.10. The largest absolute Gasteiger partial charge is 0.481 e. The molecule has 19 heavy (non-hydrogen) atoms. The lowest BCUT2D eigenvalue weighted by atomic mass is 10.1. The lowest BCUT2D eigenvalue weighted by molar-refractivity contribution is -0.137. The van der Waals surface area contributed by atoms with E-state index in [9.17, 15) is 4.79 Å². The van der Waals surface area contributed by atoms with E-state index < -0.39 is 5.97 Å². The van der Waals surface area contributed by atoms with Gasteiger partial charge in [-0.1, -0.05) is 19.1 Å². The number of carboxylic acid groups (broad SMARTS) is 1. The van der Waals surface area contributed by atoms with Crippen LogP contribution in [-0.2, 0) is 17.6 Å². The molecule has 0 spiro atoms. The average Bonchev–Trinajstić information content (AvgIpc) is 2.78. The molecule has 0 unspecified atom stereocenters. The predicted octanol–water partition coefficient (Wildman–Crippen LogP) is 2.16. The molecule has 0 amide bonds. The van der Waals surface area contributed by atoms with Crippen molar-refractivity contribution < 1.29 is 9.90 Å². The normalized spacial score (nSPS) is 10.6. The summed E-state index contributed by atoms with van der Waals surface area (Å²) < 4.78 is 1.72. The van der Waals surface area contributed by atoms with Crippen molar-refractivity contribution in [1.29, 1.82) is 0 Å². The standard InChI is InChI=1S/C14H17N3O2/c1-3-11-4-6-12(7-5-11)17-13(8-9-14(18)19)15-10(2)16-17/h4-7H,3,8-9H2,1-2H3,(H,18,19). The first kappa shape index (κ1) is 13.3. The second-order valence-corrected chi connectivity index (χ2v) is 4.40. The van der Waals surface area contributed by atoms with Crippen LogP contribution in [0, 0.1) is 6.92 Å². The first-order valence-electron chi connectivity index (χ1n) is 6.33. The Balaban J connectivity index is 2.29. The van der Waals surface area contributed by atoms with Crippen LogP contribution in [0.1, 0.15) is 30.6 Å². The molecule has 1 aromatic carbocycles. The summed E-state index contributed by atoms with van der Waals surface area (Å²) in [6.45, 7) is 3.91. The minimum absolute atomic E-state index is 0.0607. The van der Waals surface area contributed by atoms with Crippen LogP contribution in [0.3, 0.4) is 0 Å². The van der Waals surface area contributed by atoms with Gasteiger partial charge in [-0.2, -0.15) is 5.10 Å². The van der Waals surface area contributed by atoms with Gasteiger partial charge in [0.05, 0.1) is 12.1 Å². The van der Waals surface area contributed by atoms with Crippen molar-refractivity contribution in [2.75, 3.05) is 0 Å². The Morgan fingerprint density at radius 2 is 2.00 bits per heavy atom. The van der Waals surface area contributed by atoms with Gasteiger partial charge in [0.2, 0.25) is 0 Å². The number of rotatable bonds is 5. The van der Waals surface area contributed by atoms with E-state index in [0.29, 0.717) is 18.1 Å². The van der Waals surface area contributed by atoms with Crippen molar-refractivity contribution in [3.05, 3.63) is 41.5 Å². The summed E-state index contributed by atoms with van der Waals surface area (Å²) in [5.41, 5.74) is 2.17. The van der Waals surface area contributed by atoms with Crippen molar-refractivity contribution in [2.24, 2.45) is 0 Å². The molecule has 0 bridgehead atoms. The minimum atomic E-state index is -0.825. The fraction of sp³-hybridized carbons (Fsp3) is 0.357. The number of carbonyl (C=O) groups is 1. The zero-order valence-electron chi connectivity index (χ0n) is 11.1. The van der Waals surface area contributed by atoms with Crippen LogP contribution in [0.15, 0.2) is 24.3 Å². The zero-order chi connectivity index (χ0) is 13.8. The van der Waals surface area contributed by atoms with Gasteiger partial charge in [0.15, 0.2) is 0 Å². The number of aryl methyl sites for hydroxylation is 3. The Bertz CT molecular complexity index is 573. The van der Waals surface area contributed by atoms with Gasteiger partial charge in [0.1, 0.15) is 11.6 Å². The van der Waals surface area contributed by atoms with Crippen LogP contribution in [0.25, 0.3) is 5.69 Å². The molecule has 0 aliphatic heterocycles. The van der Waals surface area contributed by atoms with Crippen LogP contribution < -0.4 is 0 Å². The highest BCUT2D eigenvalue weighted by molar-refractivity contribution is 5.66. The molecular weight excluding hydrogens is 242 g/mol. The number of hydrogen-bond donors (Lipinski definition) is 1. The molecule has 2 rings (SSSR count). The summed E-state index contributed by atoms with van der Waals surface area (Å²) in [6.07, 6.45) is 1.43. The minimum Gasteiger partial charge on any atom is -0.481 e. The maximum atomic E-state index is 10.7. The molecule has 5 nitrogen and oxygen atoms in total. The second-order valence-electron chi connectivity index (χ2n) is 4.40. The van der Waals surface area contributed by atoms with Crippen molar-refractivity contribution in [1.82, 2.24) is 14.8 Å². The van der Waals surface area contributed by atoms with Crippen LogP contribution in [0.2, 0.25) is 0 Å². The summed E-state index contributed by atoms with van der Waals surface area (Å²) >= 11 is 0. The SMILES string of the molecule is CCc1ccc(-n2nc(C)nc2CCC(=O)O)cc1. The average molecular weight is 259 g/mol. The summed E-state index contributed by atoms with van der Waals surface area (Å²) in [6, 6.07) is 8.06. The zero-order valence-corrected chi connectivity index (χ0v) is 11.1. The van der Waals surface area contributed by atoms with Crippen LogP contribution in [-0.4, -0.2) is 25.8 Å². The Morgan fingerprint density at radius 3 is 2.58 bits per heavy atom. The second kappa shape index (κ2) is 5.65. The molecule has 0 radical (unpaired) electrons. The Labute approximate surface area is 111 Å². The monoisotopic (exact) mass is 259 g/mol. The van der Waals surface area contributed by atoms with Crippen molar-refractivity contribution in [3.8, 4) is 5.69 Å². The summed E-state index contributed by atoms with van der Waals surface area (Å²) in [5.74, 6) is 0.512. The molecule has 1 N–H and O–H groups in total. The van der Waals surface area contributed by atoms with E-state index in [1.165, 1.54) is 5.56 Å². The highest BCUT2D eigenvalue weighted by atomic mass is 16.4. The first-order valence-corrected chi connectivity index (χ1v) is 6.33. The summed E-state index contributed by atoms with van der Waals surface area (Å²) in [5, 5.41) is 13.1. The van der Waals surface area contributed by atoms with Gasteiger partial charge in [-0.15, -0.1) is 0 Å². The van der Waals surface area contributed by atoms with Gasteiger partial charge in [0, 0.05) is 6.42 Å². The number of aromatic nitrogens is 3. The van der Waals surface area contributed by atoms with E-state index >= 15 is 0 Å². The fourth-order valence-electron chi connectivity index (χ4n) is 1.92. The van der Waals surface area contributed by atoms with E-state index in [-0.39, 0.29) is 6.42 Å². The molecule has 0 fully saturated rings. The molecule has 0 aliphatic carbocycles. The molecule has 2 aromatic rings. The fourth-order valence-corrected chi connectivity index (χ4v) is 1.92. The Morgan fingerprint density at radius 1 is 1.32 bits per heavy atom. The third-order valence-corrected chi connectivity index (χ3v) is 2.93. The van der Waals surface area contributed by atoms with Crippen LogP contribution in [0.5, 0.6) is 0 Å². The third-order valence-electron chi connectivity index (χ3n) is 2.93. The number of benzene rings is 1. The molecule has 5 heteroatoms. The van der Waals surface area contributed by atoms with E-state index in [0.717, 1.165) is 12.1 Å². The summed E-state index contributed by atoms with van der Waals surface area (Å²) in [7, 11) is 0. The lowest BCUT2D eigenvalue weighted by Crippen LogP contribution is -2.06. The molecule has 0 atom stereocenters. The van der Waals surface area contributed by atoms with Gasteiger partial charge < -0.3 is 5.11 Å². The quantitative estimate of drug-likeness (QED) is 0.893. The number of carboxylic acids is 1. The van der Waals surface area contributed by atoms with E-state index in [4.69, 9.17) is 5.11 Å². The van der Waals surface area contributed by atoms with Crippen molar-refractivity contribution >= 4 is 5.97 Å². The van der Waals surface area contributed by atoms with Gasteiger partial charge in [-0.25, -0.2) is 9.67 Å². The van der Waals surface area contributed by atoms with Gasteiger partial charge in [-0.3, -0.25) is 4.79 Å². The highest BCUT2D eigenvalue weighted by Crippen LogP contribution is 2.13. The molecule has 1 heterocycles. The van der Waals surface area contributed by atoms with Crippen molar-refractivity contribution in [2.45, 2.75) is 33.1 Å². The summed E-state index contributed by atoms with van der Waals surface area (Å²) in [4.78, 5) is 14.9. The van der Waals surface area contributed by atoms with Crippen LogP contribution >= 0.6 is 0 Å². The molecule has 0 saturated carbocycles. The van der Waals surface area contributed by atoms with Gasteiger partial charge in [0.25, 0.3) is 0 Å². The van der Waals surface area contributed by atoms with E-state index in [1.54, 1.807) is 11.6 Å². The molecule has 0 saturated heterocycles. The Hall–Kier alpha value is -2.17. The maximum Gasteiger partial charge on any atom is 0.303 e. The Kier molecular flexibility index (Phi) is 3.94. The van der Waals surface area contributed by atoms with Crippen LogP contribution in [0.4, 0.5) is 0 Å². The lowest BCUT2D eigenvalue weighted by Gasteiger charge is -2.06. The molecule has 0 aliphatic rings. The number of aliphatic carboxylic acids is 1. The predicted molar refractivity (Wildman–Crippen MR) is 71.4 cm³/mol. The van der Waals surface area contributed by atoms with E-state index in [2.05, 4.69) is 17.0 Å². The third kappa shape index (κ3) is 3.19. The molecule has 1 aromatic heterocycles. The maximum absolute atomic E-state index is 10.7. The van der Waals surface area contributed by atoms with Gasteiger partial charge >= 0.3 is 5.97 Å². The highest BCUT2D eigenvalue weighted by Gasteiger charge is 2.10. The molecule has 100 valence electrons. The number of nitrogens with zero attached hydrogens (tertiary/aromatic N) is 3. The van der Waals surface area contributed by atoms with E-state index in [1.807, 2.05) is 24.3 Å². The molecular formula is C14H17N3O2. The van der Waals surface area contributed by atoms with Crippen molar-refractivity contribution in [3.63, 3.8) is 0 Å². The smallest absolute Gasteiger partial charge is 0.303 e. The topological polar surface area (TPSA) is 68.0 Å². The number of hydrogen-bond acceptors (Lipinski definition) is 3.